The minimum atomic E-state index is 0.626. The molecule has 0 aliphatic carbocycles. The molecule has 0 bridgehead atoms. The minimum absolute atomic E-state index is 0.626. The van der Waals surface area contributed by atoms with E-state index in [0.29, 0.717) is 6.54 Å². The Balaban J connectivity index is 2.23. The fraction of sp³-hybridized carbons (Fsp3) is 0.235. The molecule has 20 heavy (non-hydrogen) atoms. The van der Waals surface area contributed by atoms with Crippen molar-refractivity contribution in [2.45, 2.75) is 20.3 Å². The Kier molecular flexibility index (Phi) is 3.28. The maximum absolute atomic E-state index is 5.77. The zero-order valence-corrected chi connectivity index (χ0v) is 11.9. The summed E-state index contributed by atoms with van der Waals surface area (Å²) in [6, 6.07) is 12.6. The number of hydrogen-bond donors (Lipinski definition) is 1. The van der Waals surface area contributed by atoms with Crippen LogP contribution in [0.15, 0.2) is 42.6 Å². The van der Waals surface area contributed by atoms with Gasteiger partial charge in [-0.2, -0.15) is 0 Å². The molecule has 3 aromatic rings. The standard InChI is InChI=1S/C17H19N3/c1-12-6-7-14(11-13(12)2)17-15(8-9-18)20-10-4-3-5-16(20)19-17/h3-7,10-11H,8-9,18H2,1-2H3. The van der Waals surface area contributed by atoms with Crippen molar-refractivity contribution in [3.05, 3.63) is 59.4 Å². The average molecular weight is 265 g/mol. The van der Waals surface area contributed by atoms with Gasteiger partial charge in [0, 0.05) is 18.2 Å². The van der Waals surface area contributed by atoms with Crippen LogP contribution in [0.3, 0.4) is 0 Å². The summed E-state index contributed by atoms with van der Waals surface area (Å²) in [7, 11) is 0. The lowest BCUT2D eigenvalue weighted by atomic mass is 10.0. The number of rotatable bonds is 3. The zero-order valence-electron chi connectivity index (χ0n) is 11.9. The number of imidazole rings is 1. The van der Waals surface area contributed by atoms with Crippen molar-refractivity contribution in [3.63, 3.8) is 0 Å². The van der Waals surface area contributed by atoms with E-state index in [1.807, 2.05) is 18.2 Å². The lowest BCUT2D eigenvalue weighted by Gasteiger charge is -2.06. The van der Waals surface area contributed by atoms with Crippen LogP contribution in [0.5, 0.6) is 0 Å². The van der Waals surface area contributed by atoms with Crippen LogP contribution in [-0.2, 0) is 6.42 Å². The molecule has 0 saturated heterocycles. The van der Waals surface area contributed by atoms with E-state index in [4.69, 9.17) is 10.7 Å². The van der Waals surface area contributed by atoms with E-state index in [1.165, 1.54) is 22.4 Å². The quantitative estimate of drug-likeness (QED) is 0.790. The first-order valence-electron chi connectivity index (χ1n) is 6.94. The largest absolute Gasteiger partial charge is 0.330 e. The number of pyridine rings is 1. The second-order valence-electron chi connectivity index (χ2n) is 5.17. The highest BCUT2D eigenvalue weighted by Crippen LogP contribution is 2.26. The van der Waals surface area contributed by atoms with Gasteiger partial charge in [0.2, 0.25) is 0 Å². The summed E-state index contributed by atoms with van der Waals surface area (Å²) < 4.78 is 2.14. The highest BCUT2D eigenvalue weighted by molar-refractivity contribution is 5.67. The molecule has 0 saturated carbocycles. The van der Waals surface area contributed by atoms with Gasteiger partial charge in [0.05, 0.1) is 11.4 Å². The van der Waals surface area contributed by atoms with Crippen LogP contribution in [0, 0.1) is 13.8 Å². The molecule has 0 unspecified atom stereocenters. The normalized spacial score (nSPS) is 11.2. The number of nitrogens with two attached hydrogens (primary N) is 1. The van der Waals surface area contributed by atoms with Gasteiger partial charge < -0.3 is 10.1 Å². The first kappa shape index (κ1) is 12.9. The number of benzene rings is 1. The van der Waals surface area contributed by atoms with Crippen LogP contribution in [0.25, 0.3) is 16.9 Å². The van der Waals surface area contributed by atoms with Crippen LogP contribution in [0.4, 0.5) is 0 Å². The maximum atomic E-state index is 5.77. The molecule has 0 aliphatic rings. The Morgan fingerprint density at radius 3 is 2.70 bits per heavy atom. The molecule has 3 rings (SSSR count). The van der Waals surface area contributed by atoms with Crippen molar-refractivity contribution in [3.8, 4) is 11.3 Å². The fourth-order valence-electron chi connectivity index (χ4n) is 2.54. The molecule has 1 aromatic carbocycles. The number of aryl methyl sites for hydroxylation is 2. The summed E-state index contributed by atoms with van der Waals surface area (Å²) in [5, 5.41) is 0. The van der Waals surface area contributed by atoms with E-state index in [-0.39, 0.29) is 0 Å². The molecule has 0 spiro atoms. The van der Waals surface area contributed by atoms with Gasteiger partial charge in [-0.3, -0.25) is 0 Å². The van der Waals surface area contributed by atoms with Gasteiger partial charge in [-0.05, 0) is 49.7 Å². The summed E-state index contributed by atoms with van der Waals surface area (Å²) in [4.78, 5) is 4.78. The van der Waals surface area contributed by atoms with Crippen molar-refractivity contribution in [2.75, 3.05) is 6.54 Å². The maximum Gasteiger partial charge on any atom is 0.137 e. The molecule has 2 aromatic heterocycles. The molecule has 2 N–H and O–H groups in total. The van der Waals surface area contributed by atoms with Crippen molar-refractivity contribution >= 4 is 5.65 Å². The highest BCUT2D eigenvalue weighted by atomic mass is 15.0. The third kappa shape index (κ3) is 2.10. The van der Waals surface area contributed by atoms with E-state index in [0.717, 1.165) is 17.8 Å². The lowest BCUT2D eigenvalue weighted by Crippen LogP contribution is -2.06. The predicted octanol–water partition coefficient (Wildman–Crippen LogP) is 3.12. The van der Waals surface area contributed by atoms with E-state index in [2.05, 4.69) is 42.6 Å². The average Bonchev–Trinajstić information content (AvgIpc) is 2.82. The Morgan fingerprint density at radius 2 is 1.95 bits per heavy atom. The van der Waals surface area contributed by atoms with Crippen molar-refractivity contribution < 1.29 is 0 Å². The molecular formula is C17H19N3. The monoisotopic (exact) mass is 265 g/mol. The van der Waals surface area contributed by atoms with Gasteiger partial charge >= 0.3 is 0 Å². The van der Waals surface area contributed by atoms with Crippen LogP contribution < -0.4 is 5.73 Å². The Bertz CT molecular complexity index is 756. The molecular weight excluding hydrogens is 246 g/mol. The molecule has 0 fully saturated rings. The van der Waals surface area contributed by atoms with Gasteiger partial charge in [0.25, 0.3) is 0 Å². The zero-order chi connectivity index (χ0) is 14.1. The molecule has 0 atom stereocenters. The van der Waals surface area contributed by atoms with Crippen molar-refractivity contribution in [1.82, 2.24) is 9.38 Å². The molecule has 0 radical (unpaired) electrons. The predicted molar refractivity (Wildman–Crippen MR) is 82.9 cm³/mol. The molecule has 3 heteroatoms. The molecule has 0 amide bonds. The number of aromatic nitrogens is 2. The first-order chi connectivity index (χ1) is 9.70. The fourth-order valence-corrected chi connectivity index (χ4v) is 2.54. The summed E-state index contributed by atoms with van der Waals surface area (Å²) in [5.41, 5.74) is 12.7. The SMILES string of the molecule is Cc1ccc(-c2nc3ccccn3c2CCN)cc1C. The molecule has 2 heterocycles. The van der Waals surface area contributed by atoms with Gasteiger partial charge in [-0.15, -0.1) is 0 Å². The topological polar surface area (TPSA) is 43.3 Å². The van der Waals surface area contributed by atoms with E-state index in [9.17, 15) is 0 Å². The third-order valence-corrected chi connectivity index (χ3v) is 3.79. The second kappa shape index (κ2) is 5.10. The number of nitrogens with zero attached hydrogens (tertiary/aromatic N) is 2. The summed E-state index contributed by atoms with van der Waals surface area (Å²) in [6.45, 7) is 4.89. The van der Waals surface area contributed by atoms with Gasteiger partial charge in [0.15, 0.2) is 0 Å². The first-order valence-corrected chi connectivity index (χ1v) is 6.94. The Labute approximate surface area is 119 Å². The Hall–Kier alpha value is -2.13. The van der Waals surface area contributed by atoms with Crippen molar-refractivity contribution in [2.24, 2.45) is 5.73 Å². The van der Waals surface area contributed by atoms with Crippen LogP contribution >= 0.6 is 0 Å². The van der Waals surface area contributed by atoms with Crippen molar-refractivity contribution in [1.29, 1.82) is 0 Å². The number of fused-ring (bicyclic) bond motifs is 1. The van der Waals surface area contributed by atoms with Gasteiger partial charge in [-0.25, -0.2) is 4.98 Å². The minimum Gasteiger partial charge on any atom is -0.330 e. The third-order valence-electron chi connectivity index (χ3n) is 3.79. The van der Waals surface area contributed by atoms with Gasteiger partial charge in [-0.1, -0.05) is 18.2 Å². The van der Waals surface area contributed by atoms with Crippen LogP contribution in [-0.4, -0.2) is 15.9 Å². The lowest BCUT2D eigenvalue weighted by molar-refractivity contribution is 0.907. The Morgan fingerprint density at radius 1 is 1.10 bits per heavy atom. The molecule has 3 nitrogen and oxygen atoms in total. The van der Waals surface area contributed by atoms with Crippen LogP contribution in [0.1, 0.15) is 16.8 Å². The van der Waals surface area contributed by atoms with E-state index in [1.54, 1.807) is 0 Å². The van der Waals surface area contributed by atoms with Crippen LogP contribution in [0.2, 0.25) is 0 Å². The highest BCUT2D eigenvalue weighted by Gasteiger charge is 2.13. The van der Waals surface area contributed by atoms with Gasteiger partial charge in [0.1, 0.15) is 5.65 Å². The molecule has 0 aliphatic heterocycles. The second-order valence-corrected chi connectivity index (χ2v) is 5.17. The molecule has 102 valence electrons. The summed E-state index contributed by atoms with van der Waals surface area (Å²) in [5.74, 6) is 0. The number of hydrogen-bond acceptors (Lipinski definition) is 2. The smallest absolute Gasteiger partial charge is 0.137 e. The van der Waals surface area contributed by atoms with E-state index < -0.39 is 0 Å². The van der Waals surface area contributed by atoms with E-state index >= 15 is 0 Å². The summed E-state index contributed by atoms with van der Waals surface area (Å²) >= 11 is 0. The summed E-state index contributed by atoms with van der Waals surface area (Å²) in [6.07, 6.45) is 2.88.